The van der Waals surface area contributed by atoms with Crippen molar-refractivity contribution in [1.82, 2.24) is 5.43 Å². The SMILES string of the molecule is NNC(CC1CCCCO1)c1cccc(F)c1F. The molecule has 0 radical (unpaired) electrons. The van der Waals surface area contributed by atoms with Crippen LogP contribution in [0.3, 0.4) is 0 Å². The third-order valence-electron chi connectivity index (χ3n) is 3.33. The van der Waals surface area contributed by atoms with E-state index in [1.54, 1.807) is 6.07 Å². The molecule has 2 rings (SSSR count). The van der Waals surface area contributed by atoms with Crippen molar-refractivity contribution in [3.05, 3.63) is 35.4 Å². The van der Waals surface area contributed by atoms with E-state index in [-0.39, 0.29) is 11.7 Å². The highest BCUT2D eigenvalue weighted by molar-refractivity contribution is 5.22. The van der Waals surface area contributed by atoms with Gasteiger partial charge in [0.05, 0.1) is 12.1 Å². The molecule has 0 aliphatic carbocycles. The zero-order chi connectivity index (χ0) is 13.0. The van der Waals surface area contributed by atoms with E-state index in [9.17, 15) is 8.78 Å². The minimum Gasteiger partial charge on any atom is -0.378 e. The van der Waals surface area contributed by atoms with Crippen LogP contribution in [0.5, 0.6) is 0 Å². The summed E-state index contributed by atoms with van der Waals surface area (Å²) in [6.45, 7) is 0.730. The Morgan fingerprint density at radius 2 is 2.22 bits per heavy atom. The molecular weight excluding hydrogens is 238 g/mol. The number of hydrazine groups is 1. The molecule has 3 N–H and O–H groups in total. The molecule has 1 aliphatic heterocycles. The molecule has 0 saturated carbocycles. The lowest BCUT2D eigenvalue weighted by molar-refractivity contribution is 0.00479. The highest BCUT2D eigenvalue weighted by Crippen LogP contribution is 2.26. The number of nitrogens with one attached hydrogen (secondary N) is 1. The molecule has 100 valence electrons. The van der Waals surface area contributed by atoms with Crippen LogP contribution >= 0.6 is 0 Å². The first-order valence-corrected chi connectivity index (χ1v) is 6.24. The van der Waals surface area contributed by atoms with Crippen LogP contribution < -0.4 is 11.3 Å². The van der Waals surface area contributed by atoms with Gasteiger partial charge in [0, 0.05) is 12.2 Å². The van der Waals surface area contributed by atoms with Crippen LogP contribution in [-0.4, -0.2) is 12.7 Å². The molecule has 1 aromatic rings. The molecule has 1 saturated heterocycles. The first-order valence-electron chi connectivity index (χ1n) is 6.24. The van der Waals surface area contributed by atoms with E-state index in [1.807, 2.05) is 0 Å². The lowest BCUT2D eigenvalue weighted by Gasteiger charge is -2.27. The first-order chi connectivity index (χ1) is 8.72. The maximum atomic E-state index is 13.7. The second kappa shape index (κ2) is 6.22. The number of rotatable bonds is 4. The Morgan fingerprint density at radius 3 is 2.89 bits per heavy atom. The van der Waals surface area contributed by atoms with Crippen LogP contribution in [0.4, 0.5) is 8.78 Å². The summed E-state index contributed by atoms with van der Waals surface area (Å²) in [7, 11) is 0. The Bertz CT molecular complexity index is 395. The molecule has 0 spiro atoms. The minimum atomic E-state index is -0.850. The molecule has 0 amide bonds. The van der Waals surface area contributed by atoms with E-state index in [2.05, 4.69) is 5.43 Å². The van der Waals surface area contributed by atoms with Crippen molar-refractivity contribution in [1.29, 1.82) is 0 Å². The van der Waals surface area contributed by atoms with E-state index in [1.165, 1.54) is 6.07 Å². The number of hydrogen-bond donors (Lipinski definition) is 2. The summed E-state index contributed by atoms with van der Waals surface area (Å²) >= 11 is 0. The van der Waals surface area contributed by atoms with Crippen molar-refractivity contribution in [2.24, 2.45) is 5.84 Å². The largest absolute Gasteiger partial charge is 0.378 e. The van der Waals surface area contributed by atoms with Crippen LogP contribution in [0.2, 0.25) is 0 Å². The van der Waals surface area contributed by atoms with Crippen LogP contribution in [0, 0.1) is 11.6 Å². The zero-order valence-corrected chi connectivity index (χ0v) is 10.2. The second-order valence-electron chi connectivity index (χ2n) is 4.59. The van der Waals surface area contributed by atoms with Crippen LogP contribution in [0.1, 0.15) is 37.3 Å². The molecule has 1 fully saturated rings. The Morgan fingerprint density at radius 1 is 1.39 bits per heavy atom. The van der Waals surface area contributed by atoms with Gasteiger partial charge in [0.2, 0.25) is 0 Å². The van der Waals surface area contributed by atoms with Crippen molar-refractivity contribution in [2.45, 2.75) is 37.8 Å². The standard InChI is InChI=1S/C13H18F2N2O/c14-11-6-3-5-10(13(11)15)12(17-16)8-9-4-1-2-7-18-9/h3,5-6,9,12,17H,1-2,4,7-8,16H2. The predicted molar refractivity (Wildman–Crippen MR) is 64.6 cm³/mol. The van der Waals surface area contributed by atoms with Crippen LogP contribution in [0.15, 0.2) is 18.2 Å². The molecule has 0 aromatic heterocycles. The summed E-state index contributed by atoms with van der Waals surface area (Å²) in [5, 5.41) is 0. The second-order valence-corrected chi connectivity index (χ2v) is 4.59. The fourth-order valence-corrected chi connectivity index (χ4v) is 2.33. The van der Waals surface area contributed by atoms with Gasteiger partial charge >= 0.3 is 0 Å². The smallest absolute Gasteiger partial charge is 0.163 e. The maximum Gasteiger partial charge on any atom is 0.163 e. The van der Waals surface area contributed by atoms with Gasteiger partial charge in [0.15, 0.2) is 11.6 Å². The number of ether oxygens (including phenoxy) is 1. The van der Waals surface area contributed by atoms with Crippen molar-refractivity contribution in [3.63, 3.8) is 0 Å². The fraction of sp³-hybridized carbons (Fsp3) is 0.538. The Labute approximate surface area is 105 Å². The highest BCUT2D eigenvalue weighted by atomic mass is 19.2. The molecule has 1 aromatic carbocycles. The summed E-state index contributed by atoms with van der Waals surface area (Å²) in [6.07, 6.45) is 3.72. The molecular formula is C13H18F2N2O. The van der Waals surface area contributed by atoms with E-state index >= 15 is 0 Å². The molecule has 5 heteroatoms. The predicted octanol–water partition coefficient (Wildman–Crippen LogP) is 2.43. The van der Waals surface area contributed by atoms with Gasteiger partial charge < -0.3 is 4.74 Å². The van der Waals surface area contributed by atoms with Crippen molar-refractivity contribution < 1.29 is 13.5 Å². The van der Waals surface area contributed by atoms with Gasteiger partial charge in [-0.1, -0.05) is 12.1 Å². The van der Waals surface area contributed by atoms with Crippen molar-refractivity contribution in [3.8, 4) is 0 Å². The van der Waals surface area contributed by atoms with Gasteiger partial charge in [-0.05, 0) is 31.7 Å². The summed E-state index contributed by atoms with van der Waals surface area (Å²) in [5.41, 5.74) is 2.80. The van der Waals surface area contributed by atoms with E-state index in [4.69, 9.17) is 10.6 Å². The van der Waals surface area contributed by atoms with E-state index in [0.29, 0.717) is 6.42 Å². The lowest BCUT2D eigenvalue weighted by atomic mass is 9.96. The minimum absolute atomic E-state index is 0.0578. The number of hydrogen-bond acceptors (Lipinski definition) is 3. The third-order valence-corrected chi connectivity index (χ3v) is 3.33. The fourth-order valence-electron chi connectivity index (χ4n) is 2.33. The van der Waals surface area contributed by atoms with E-state index < -0.39 is 17.7 Å². The molecule has 2 atom stereocenters. The Kier molecular flexibility index (Phi) is 4.63. The molecule has 0 bridgehead atoms. The molecule has 1 aliphatic rings. The first kappa shape index (κ1) is 13.4. The van der Waals surface area contributed by atoms with Gasteiger partial charge in [0.1, 0.15) is 0 Å². The Hall–Kier alpha value is -1.04. The van der Waals surface area contributed by atoms with Gasteiger partial charge in [-0.25, -0.2) is 8.78 Å². The van der Waals surface area contributed by atoms with Crippen molar-refractivity contribution >= 4 is 0 Å². The van der Waals surface area contributed by atoms with E-state index in [0.717, 1.165) is 31.9 Å². The van der Waals surface area contributed by atoms with Crippen LogP contribution in [0.25, 0.3) is 0 Å². The molecule has 2 unspecified atom stereocenters. The molecule has 3 nitrogen and oxygen atoms in total. The molecule has 1 heterocycles. The highest BCUT2D eigenvalue weighted by Gasteiger charge is 2.23. The average molecular weight is 256 g/mol. The molecule has 18 heavy (non-hydrogen) atoms. The summed E-state index contributed by atoms with van der Waals surface area (Å²) in [4.78, 5) is 0. The summed E-state index contributed by atoms with van der Waals surface area (Å²) in [6, 6.07) is 3.71. The maximum absolute atomic E-state index is 13.7. The zero-order valence-electron chi connectivity index (χ0n) is 10.2. The monoisotopic (exact) mass is 256 g/mol. The summed E-state index contributed by atoms with van der Waals surface area (Å²) in [5.74, 6) is 3.76. The Balaban J connectivity index is 2.09. The number of halogens is 2. The van der Waals surface area contributed by atoms with Gasteiger partial charge in [0.25, 0.3) is 0 Å². The summed E-state index contributed by atoms with van der Waals surface area (Å²) < 4.78 is 32.5. The quantitative estimate of drug-likeness (QED) is 0.642. The van der Waals surface area contributed by atoms with Gasteiger partial charge in [-0.2, -0.15) is 0 Å². The van der Waals surface area contributed by atoms with Gasteiger partial charge in [-0.3, -0.25) is 11.3 Å². The third kappa shape index (κ3) is 3.04. The number of benzene rings is 1. The normalized spacial score (nSPS) is 21.8. The topological polar surface area (TPSA) is 47.3 Å². The van der Waals surface area contributed by atoms with Gasteiger partial charge in [-0.15, -0.1) is 0 Å². The van der Waals surface area contributed by atoms with Crippen LogP contribution in [-0.2, 0) is 4.74 Å². The number of nitrogens with two attached hydrogens (primary N) is 1. The lowest BCUT2D eigenvalue weighted by Crippen LogP contribution is -2.33. The van der Waals surface area contributed by atoms with Crippen molar-refractivity contribution in [2.75, 3.05) is 6.61 Å². The average Bonchev–Trinajstić information content (AvgIpc) is 2.41.